The Morgan fingerprint density at radius 3 is 2.25 bits per heavy atom. The summed E-state index contributed by atoms with van der Waals surface area (Å²) >= 11 is 0. The van der Waals surface area contributed by atoms with Crippen LogP contribution in [0.2, 0.25) is 0 Å². The van der Waals surface area contributed by atoms with Crippen LogP contribution in [-0.2, 0) is 0 Å². The molecule has 3 unspecified atom stereocenters. The van der Waals surface area contributed by atoms with Gasteiger partial charge in [-0.3, -0.25) is 0 Å². The molecule has 4 heteroatoms. The van der Waals surface area contributed by atoms with E-state index in [1.807, 2.05) is 0 Å². The molecule has 4 N–H and O–H groups in total. The third-order valence-electron chi connectivity index (χ3n) is 1.48. The van der Waals surface area contributed by atoms with Gasteiger partial charge < -0.3 is 20.4 Å². The molecule has 0 aromatic heterocycles. The van der Waals surface area contributed by atoms with Crippen LogP contribution >= 0.6 is 0 Å². The first kappa shape index (κ1) is 11.6. The van der Waals surface area contributed by atoms with Gasteiger partial charge in [0.1, 0.15) is 0 Å². The first-order valence-corrected chi connectivity index (χ1v) is 3.89. The lowest BCUT2D eigenvalue weighted by atomic mass is 10.1. The Morgan fingerprint density at radius 2 is 1.83 bits per heavy atom. The van der Waals surface area contributed by atoms with E-state index in [4.69, 9.17) is 20.4 Å². The van der Waals surface area contributed by atoms with Crippen molar-refractivity contribution in [1.29, 1.82) is 0 Å². The molecule has 12 heavy (non-hydrogen) atoms. The van der Waals surface area contributed by atoms with Crippen molar-refractivity contribution in [2.24, 2.45) is 0 Å². The second kappa shape index (κ2) is 6.14. The van der Waals surface area contributed by atoms with E-state index in [0.29, 0.717) is 0 Å². The van der Waals surface area contributed by atoms with Crippen LogP contribution in [0.15, 0.2) is 12.2 Å². The van der Waals surface area contributed by atoms with E-state index >= 15 is 0 Å². The third-order valence-corrected chi connectivity index (χ3v) is 1.48. The lowest BCUT2D eigenvalue weighted by Gasteiger charge is -2.10. The molecule has 0 aliphatic heterocycles. The minimum atomic E-state index is -0.883. The molecule has 0 saturated heterocycles. The van der Waals surface area contributed by atoms with Gasteiger partial charge in [-0.05, 0) is 13.3 Å². The van der Waals surface area contributed by atoms with Gasteiger partial charge in [0.2, 0.25) is 0 Å². The predicted molar refractivity (Wildman–Crippen MR) is 44.5 cm³/mol. The van der Waals surface area contributed by atoms with Crippen LogP contribution in [0.25, 0.3) is 0 Å². The van der Waals surface area contributed by atoms with Gasteiger partial charge in [-0.1, -0.05) is 12.2 Å². The van der Waals surface area contributed by atoms with Crippen molar-refractivity contribution in [2.45, 2.75) is 31.7 Å². The van der Waals surface area contributed by atoms with E-state index in [1.165, 1.54) is 19.1 Å². The molecule has 0 aliphatic carbocycles. The van der Waals surface area contributed by atoms with Crippen LogP contribution in [0.5, 0.6) is 0 Å². The highest BCUT2D eigenvalue weighted by molar-refractivity contribution is 4.90. The summed E-state index contributed by atoms with van der Waals surface area (Å²) in [6.07, 6.45) is 0.706. The molecule has 0 fully saturated rings. The van der Waals surface area contributed by atoms with Crippen LogP contribution in [-0.4, -0.2) is 45.3 Å². The highest BCUT2D eigenvalue weighted by Gasteiger charge is 2.07. The quantitative estimate of drug-likeness (QED) is 0.406. The maximum absolute atomic E-state index is 9.07. The largest absolute Gasteiger partial charge is 0.393 e. The number of aliphatic hydroxyl groups excluding tert-OH is 4. The molecule has 3 atom stereocenters. The van der Waals surface area contributed by atoms with E-state index in [1.54, 1.807) is 0 Å². The fourth-order valence-corrected chi connectivity index (χ4v) is 0.633. The number of hydrogen-bond acceptors (Lipinski definition) is 4. The van der Waals surface area contributed by atoms with Gasteiger partial charge in [-0.25, -0.2) is 0 Å². The fraction of sp³-hybridized carbons (Fsp3) is 0.750. The van der Waals surface area contributed by atoms with Crippen LogP contribution in [0, 0.1) is 0 Å². The molecule has 0 heterocycles. The van der Waals surface area contributed by atoms with Crippen LogP contribution in [0.1, 0.15) is 13.3 Å². The lowest BCUT2D eigenvalue weighted by Crippen LogP contribution is -2.21. The molecule has 0 saturated carbocycles. The molecule has 0 aliphatic rings. The maximum Gasteiger partial charge on any atom is 0.0951 e. The topological polar surface area (TPSA) is 80.9 Å². The maximum atomic E-state index is 9.07. The molecule has 0 radical (unpaired) electrons. The Labute approximate surface area is 71.8 Å². The van der Waals surface area contributed by atoms with Crippen molar-refractivity contribution in [3.8, 4) is 0 Å². The molecule has 0 spiro atoms. The number of hydrogen-bond donors (Lipinski definition) is 4. The smallest absolute Gasteiger partial charge is 0.0951 e. The van der Waals surface area contributed by atoms with Gasteiger partial charge in [-0.15, -0.1) is 0 Å². The molecule has 0 bridgehead atoms. The lowest BCUT2D eigenvalue weighted by molar-refractivity contribution is 0.0334. The normalized spacial score (nSPS) is 19.4. The van der Waals surface area contributed by atoms with Crippen LogP contribution in [0.4, 0.5) is 0 Å². The standard InChI is InChI=1S/C8H16O4/c1-6(10)8(12)4-2-3-7(11)5-9/h2-3,6-12H,4-5H2,1H3. The highest BCUT2D eigenvalue weighted by atomic mass is 16.3. The van der Waals surface area contributed by atoms with Gasteiger partial charge in [-0.2, -0.15) is 0 Å². The predicted octanol–water partition coefficient (Wildman–Crippen LogP) is -0.972. The zero-order valence-electron chi connectivity index (χ0n) is 7.09. The number of rotatable bonds is 5. The van der Waals surface area contributed by atoms with Crippen molar-refractivity contribution in [3.63, 3.8) is 0 Å². The second-order valence-electron chi connectivity index (χ2n) is 2.72. The fourth-order valence-electron chi connectivity index (χ4n) is 0.633. The summed E-state index contributed by atoms with van der Waals surface area (Å²) in [5.74, 6) is 0. The van der Waals surface area contributed by atoms with E-state index in [0.717, 1.165) is 0 Å². The molecule has 72 valence electrons. The zero-order valence-corrected chi connectivity index (χ0v) is 7.09. The second-order valence-corrected chi connectivity index (χ2v) is 2.72. The molecule has 0 rings (SSSR count). The average molecular weight is 176 g/mol. The minimum Gasteiger partial charge on any atom is -0.393 e. The molecular formula is C8H16O4. The Kier molecular flexibility index (Phi) is 5.92. The Morgan fingerprint density at radius 1 is 1.25 bits per heavy atom. The molecule has 0 amide bonds. The van der Waals surface area contributed by atoms with Crippen LogP contribution < -0.4 is 0 Å². The summed E-state index contributed by atoms with van der Waals surface area (Å²) in [5, 5.41) is 35.1. The Balaban J connectivity index is 3.59. The van der Waals surface area contributed by atoms with Gasteiger partial charge in [0, 0.05) is 0 Å². The van der Waals surface area contributed by atoms with Gasteiger partial charge >= 0.3 is 0 Å². The van der Waals surface area contributed by atoms with Gasteiger partial charge in [0.25, 0.3) is 0 Å². The summed E-state index contributed by atoms with van der Waals surface area (Å²) in [6, 6.07) is 0. The van der Waals surface area contributed by atoms with E-state index in [2.05, 4.69) is 0 Å². The zero-order chi connectivity index (χ0) is 9.56. The van der Waals surface area contributed by atoms with Gasteiger partial charge in [0.05, 0.1) is 24.9 Å². The summed E-state index contributed by atoms with van der Waals surface area (Å²) in [7, 11) is 0. The van der Waals surface area contributed by atoms with Crippen molar-refractivity contribution < 1.29 is 20.4 Å². The molecule has 0 aromatic carbocycles. The van der Waals surface area contributed by atoms with E-state index < -0.39 is 18.3 Å². The van der Waals surface area contributed by atoms with E-state index in [9.17, 15) is 0 Å². The molecule has 0 aromatic rings. The highest BCUT2D eigenvalue weighted by Crippen LogP contribution is 1.99. The SMILES string of the molecule is CC(O)C(O)CC=CC(O)CO. The van der Waals surface area contributed by atoms with Crippen LogP contribution in [0.3, 0.4) is 0 Å². The Bertz CT molecular complexity index is 133. The first-order chi connectivity index (χ1) is 5.57. The first-order valence-electron chi connectivity index (χ1n) is 3.89. The van der Waals surface area contributed by atoms with Crippen molar-refractivity contribution >= 4 is 0 Å². The summed E-state index contributed by atoms with van der Waals surface area (Å²) < 4.78 is 0. The number of aliphatic hydroxyl groups is 4. The average Bonchev–Trinajstić information content (AvgIpc) is 2.03. The van der Waals surface area contributed by atoms with Crippen molar-refractivity contribution in [1.82, 2.24) is 0 Å². The summed E-state index contributed by atoms with van der Waals surface area (Å²) in [4.78, 5) is 0. The summed E-state index contributed by atoms with van der Waals surface area (Å²) in [6.45, 7) is 1.16. The summed E-state index contributed by atoms with van der Waals surface area (Å²) in [5.41, 5.74) is 0. The van der Waals surface area contributed by atoms with Gasteiger partial charge in [0.15, 0.2) is 0 Å². The minimum absolute atomic E-state index is 0.273. The van der Waals surface area contributed by atoms with Crippen molar-refractivity contribution in [2.75, 3.05) is 6.61 Å². The Hall–Kier alpha value is -0.420. The molecule has 4 nitrogen and oxygen atoms in total. The van der Waals surface area contributed by atoms with E-state index in [-0.39, 0.29) is 13.0 Å². The van der Waals surface area contributed by atoms with Crippen molar-refractivity contribution in [3.05, 3.63) is 12.2 Å². The third kappa shape index (κ3) is 5.26. The monoisotopic (exact) mass is 176 g/mol. The molecular weight excluding hydrogens is 160 g/mol.